The van der Waals surface area contributed by atoms with E-state index in [0.29, 0.717) is 28.8 Å². The molecule has 0 fully saturated rings. The molecule has 5 nitrogen and oxygen atoms in total. The summed E-state index contributed by atoms with van der Waals surface area (Å²) in [4.78, 5) is 2.20. The SMILES string of the molecule is CN(C/C=C/c1ccc(Cl)cc1)Cc1ccccc1N(CCO)S(=O)(=O)c1ccc(Cl)cc1. The van der Waals surface area contributed by atoms with Crippen LogP contribution in [-0.2, 0) is 16.6 Å². The van der Waals surface area contributed by atoms with Crippen molar-refractivity contribution in [3.05, 3.63) is 100 Å². The van der Waals surface area contributed by atoms with Crippen molar-refractivity contribution in [1.82, 2.24) is 4.90 Å². The van der Waals surface area contributed by atoms with Crippen molar-refractivity contribution >= 4 is 45.0 Å². The first-order chi connectivity index (χ1) is 15.8. The molecule has 0 saturated carbocycles. The van der Waals surface area contributed by atoms with Gasteiger partial charge in [0.15, 0.2) is 0 Å². The fraction of sp³-hybridized carbons (Fsp3) is 0.200. The van der Waals surface area contributed by atoms with Crippen LogP contribution in [0, 0.1) is 0 Å². The monoisotopic (exact) mass is 504 g/mol. The molecule has 0 aliphatic heterocycles. The van der Waals surface area contributed by atoms with Crippen molar-refractivity contribution in [1.29, 1.82) is 0 Å². The molecule has 0 aliphatic carbocycles. The van der Waals surface area contributed by atoms with E-state index in [1.165, 1.54) is 28.6 Å². The number of likely N-dealkylation sites (N-methyl/N-ethyl adjacent to an activating group) is 1. The summed E-state index contributed by atoms with van der Waals surface area (Å²) in [6.07, 6.45) is 4.06. The first kappa shape index (κ1) is 25.3. The van der Waals surface area contributed by atoms with Gasteiger partial charge in [-0.2, -0.15) is 0 Å². The highest BCUT2D eigenvalue weighted by Crippen LogP contribution is 2.28. The summed E-state index contributed by atoms with van der Waals surface area (Å²) < 4.78 is 28.0. The zero-order valence-corrected chi connectivity index (χ0v) is 20.6. The molecule has 0 aliphatic rings. The van der Waals surface area contributed by atoms with E-state index in [-0.39, 0.29) is 18.0 Å². The van der Waals surface area contributed by atoms with Crippen LogP contribution in [-0.4, -0.2) is 45.2 Å². The molecule has 0 radical (unpaired) electrons. The van der Waals surface area contributed by atoms with Gasteiger partial charge in [0.25, 0.3) is 10.0 Å². The van der Waals surface area contributed by atoms with E-state index in [2.05, 4.69) is 4.90 Å². The number of anilines is 1. The topological polar surface area (TPSA) is 60.9 Å². The lowest BCUT2D eigenvalue weighted by Gasteiger charge is -2.27. The average Bonchev–Trinajstić information content (AvgIpc) is 2.79. The molecule has 0 saturated heterocycles. The lowest BCUT2D eigenvalue weighted by Crippen LogP contribution is -2.35. The van der Waals surface area contributed by atoms with Crippen LogP contribution in [0.4, 0.5) is 5.69 Å². The second kappa shape index (κ2) is 11.7. The van der Waals surface area contributed by atoms with Crippen molar-refractivity contribution in [2.45, 2.75) is 11.4 Å². The van der Waals surface area contributed by atoms with Crippen molar-refractivity contribution in [3.8, 4) is 0 Å². The Morgan fingerprint density at radius 2 is 1.52 bits per heavy atom. The molecule has 0 unspecified atom stereocenters. The molecule has 0 amide bonds. The third-order valence-corrected chi connectivity index (χ3v) is 7.33. The summed E-state index contributed by atoms with van der Waals surface area (Å²) in [7, 11) is -1.91. The summed E-state index contributed by atoms with van der Waals surface area (Å²) in [5.41, 5.74) is 2.43. The van der Waals surface area contributed by atoms with E-state index in [4.69, 9.17) is 23.2 Å². The van der Waals surface area contributed by atoms with Crippen LogP contribution in [0.25, 0.3) is 6.08 Å². The lowest BCUT2D eigenvalue weighted by atomic mass is 10.1. The molecule has 3 rings (SSSR count). The smallest absolute Gasteiger partial charge is 0.264 e. The zero-order chi connectivity index (χ0) is 23.8. The quantitative estimate of drug-likeness (QED) is 0.405. The van der Waals surface area contributed by atoms with Crippen LogP contribution in [0.15, 0.2) is 83.8 Å². The highest BCUT2D eigenvalue weighted by molar-refractivity contribution is 7.92. The first-order valence-corrected chi connectivity index (χ1v) is 12.6. The number of benzene rings is 3. The van der Waals surface area contributed by atoms with Gasteiger partial charge in [0.05, 0.1) is 23.7 Å². The fourth-order valence-corrected chi connectivity index (χ4v) is 5.13. The van der Waals surface area contributed by atoms with E-state index in [0.717, 1.165) is 11.1 Å². The Hall–Kier alpha value is -2.35. The number of rotatable bonds is 10. The zero-order valence-electron chi connectivity index (χ0n) is 18.2. The number of aliphatic hydroxyl groups excluding tert-OH is 1. The van der Waals surface area contributed by atoms with Crippen LogP contribution < -0.4 is 4.31 Å². The molecule has 0 bridgehead atoms. The van der Waals surface area contributed by atoms with Crippen LogP contribution >= 0.6 is 23.2 Å². The predicted octanol–water partition coefficient (Wildman–Crippen LogP) is 5.33. The lowest BCUT2D eigenvalue weighted by molar-refractivity contribution is 0.306. The number of nitrogens with zero attached hydrogens (tertiary/aromatic N) is 2. The molecule has 33 heavy (non-hydrogen) atoms. The molecule has 0 atom stereocenters. The maximum atomic E-state index is 13.4. The first-order valence-electron chi connectivity index (χ1n) is 10.4. The summed E-state index contributed by atoms with van der Waals surface area (Å²) in [5, 5.41) is 10.8. The maximum absolute atomic E-state index is 13.4. The average molecular weight is 505 g/mol. The van der Waals surface area contributed by atoms with E-state index >= 15 is 0 Å². The van der Waals surface area contributed by atoms with Gasteiger partial charge in [-0.25, -0.2) is 8.42 Å². The standard InChI is InChI=1S/C25H26Cl2N2O3S/c1-28(16-4-5-20-8-10-22(26)11-9-20)19-21-6-2-3-7-25(21)29(17-18-30)33(31,32)24-14-12-23(27)13-15-24/h2-15,30H,16-19H2,1H3/b5-4+. The molecule has 8 heteroatoms. The number of sulfonamides is 1. The van der Waals surface area contributed by atoms with E-state index in [1.807, 2.05) is 55.6 Å². The Morgan fingerprint density at radius 3 is 2.15 bits per heavy atom. The van der Waals surface area contributed by atoms with Gasteiger partial charge in [0.2, 0.25) is 0 Å². The third-order valence-electron chi connectivity index (χ3n) is 5.00. The van der Waals surface area contributed by atoms with Crippen LogP contribution in [0.1, 0.15) is 11.1 Å². The summed E-state index contributed by atoms with van der Waals surface area (Å²) in [6, 6.07) is 20.9. The number of halogens is 2. The van der Waals surface area contributed by atoms with Gasteiger partial charge in [-0.3, -0.25) is 9.21 Å². The second-order valence-corrected chi connectivity index (χ2v) is 10.3. The van der Waals surface area contributed by atoms with Crippen molar-refractivity contribution in [2.75, 3.05) is 31.0 Å². The summed E-state index contributed by atoms with van der Waals surface area (Å²) in [5.74, 6) is 0. The number of para-hydroxylation sites is 1. The Balaban J connectivity index is 1.80. The minimum Gasteiger partial charge on any atom is -0.394 e. The molecule has 3 aromatic carbocycles. The molecular formula is C25H26Cl2N2O3S. The number of hydrogen-bond acceptors (Lipinski definition) is 4. The molecule has 0 spiro atoms. The van der Waals surface area contributed by atoms with Gasteiger partial charge in [0.1, 0.15) is 0 Å². The summed E-state index contributed by atoms with van der Waals surface area (Å²) >= 11 is 11.9. The predicted molar refractivity (Wildman–Crippen MR) is 136 cm³/mol. The van der Waals surface area contributed by atoms with Gasteiger partial charge in [0, 0.05) is 23.1 Å². The molecule has 174 valence electrons. The van der Waals surface area contributed by atoms with Crippen molar-refractivity contribution in [3.63, 3.8) is 0 Å². The Labute approximate surface area is 205 Å². The maximum Gasteiger partial charge on any atom is 0.264 e. The Morgan fingerprint density at radius 1 is 0.909 bits per heavy atom. The Kier molecular flexibility index (Phi) is 8.95. The molecule has 1 N–H and O–H groups in total. The molecule has 0 aromatic heterocycles. The van der Waals surface area contributed by atoms with Gasteiger partial charge >= 0.3 is 0 Å². The Bertz CT molecular complexity index is 1180. The van der Waals surface area contributed by atoms with Gasteiger partial charge in [-0.1, -0.05) is 65.7 Å². The van der Waals surface area contributed by atoms with Crippen LogP contribution in [0.2, 0.25) is 10.0 Å². The van der Waals surface area contributed by atoms with Crippen LogP contribution in [0.5, 0.6) is 0 Å². The molecule has 0 heterocycles. The third kappa shape index (κ3) is 6.82. The van der Waals surface area contributed by atoms with Crippen LogP contribution in [0.3, 0.4) is 0 Å². The fourth-order valence-electron chi connectivity index (χ4n) is 3.38. The van der Waals surface area contributed by atoms with Gasteiger partial charge < -0.3 is 5.11 Å². The van der Waals surface area contributed by atoms with Gasteiger partial charge in [-0.15, -0.1) is 0 Å². The van der Waals surface area contributed by atoms with Gasteiger partial charge in [-0.05, 0) is 60.6 Å². The number of hydrogen-bond donors (Lipinski definition) is 1. The second-order valence-electron chi connectivity index (χ2n) is 7.53. The minimum atomic E-state index is -3.88. The van der Waals surface area contributed by atoms with Crippen molar-refractivity contribution < 1.29 is 13.5 Å². The highest BCUT2D eigenvalue weighted by Gasteiger charge is 2.26. The largest absolute Gasteiger partial charge is 0.394 e. The normalized spacial score (nSPS) is 11.9. The van der Waals surface area contributed by atoms with E-state index < -0.39 is 10.0 Å². The summed E-state index contributed by atoms with van der Waals surface area (Å²) in [6.45, 7) is 0.836. The number of aliphatic hydroxyl groups is 1. The van der Waals surface area contributed by atoms with E-state index in [1.54, 1.807) is 12.1 Å². The minimum absolute atomic E-state index is 0.0534. The highest BCUT2D eigenvalue weighted by atomic mass is 35.5. The molecule has 3 aromatic rings. The van der Waals surface area contributed by atoms with E-state index in [9.17, 15) is 13.5 Å². The van der Waals surface area contributed by atoms with Crippen molar-refractivity contribution in [2.24, 2.45) is 0 Å². The molecular weight excluding hydrogens is 479 g/mol.